The average molecular weight is 220 g/mol. The minimum absolute atomic E-state index is 0.553. The van der Waals surface area contributed by atoms with Crippen molar-refractivity contribution in [2.45, 2.75) is 26.3 Å². The zero-order chi connectivity index (χ0) is 11.4. The van der Waals surface area contributed by atoms with E-state index in [4.69, 9.17) is 4.74 Å². The molecule has 2 rings (SSSR count). The van der Waals surface area contributed by atoms with Gasteiger partial charge in [0.25, 0.3) is 0 Å². The fourth-order valence-electron chi connectivity index (χ4n) is 1.93. The number of rotatable bonds is 3. The summed E-state index contributed by atoms with van der Waals surface area (Å²) in [6.45, 7) is 9.19. The molecule has 0 N–H and O–H groups in total. The monoisotopic (exact) mass is 220 g/mol. The zero-order valence-corrected chi connectivity index (χ0v) is 10.1. The molecule has 0 bridgehead atoms. The predicted molar refractivity (Wildman–Crippen MR) is 64.4 cm³/mol. The molecule has 0 unspecified atom stereocenters. The Morgan fingerprint density at radius 3 is 2.75 bits per heavy atom. The van der Waals surface area contributed by atoms with Crippen LogP contribution in [0.1, 0.15) is 30.9 Å². The number of ether oxygens (including phenoxy) is 1. The highest BCUT2D eigenvalue weighted by Crippen LogP contribution is 2.15. The Kier molecular flexibility index (Phi) is 3.91. The third-order valence-corrected chi connectivity index (χ3v) is 2.99. The maximum Gasteiger partial charge on any atom is 0.0594 e. The fourth-order valence-corrected chi connectivity index (χ4v) is 1.93. The maximum absolute atomic E-state index is 5.34. The molecule has 0 radical (unpaired) electrons. The van der Waals surface area contributed by atoms with Crippen LogP contribution in [-0.4, -0.2) is 36.2 Å². The molecule has 88 valence electrons. The van der Waals surface area contributed by atoms with Crippen LogP contribution in [0.4, 0.5) is 0 Å². The number of pyridine rings is 1. The molecule has 0 saturated carbocycles. The van der Waals surface area contributed by atoms with E-state index >= 15 is 0 Å². The van der Waals surface area contributed by atoms with E-state index < -0.39 is 0 Å². The molecule has 16 heavy (non-hydrogen) atoms. The largest absolute Gasteiger partial charge is 0.379 e. The van der Waals surface area contributed by atoms with E-state index in [0.717, 1.165) is 32.8 Å². The Morgan fingerprint density at radius 1 is 1.31 bits per heavy atom. The third-order valence-electron chi connectivity index (χ3n) is 2.99. The first kappa shape index (κ1) is 11.6. The van der Waals surface area contributed by atoms with E-state index in [2.05, 4.69) is 29.8 Å². The number of aromatic nitrogens is 1. The summed E-state index contributed by atoms with van der Waals surface area (Å²) in [4.78, 5) is 6.73. The van der Waals surface area contributed by atoms with Crippen LogP contribution in [0.25, 0.3) is 0 Å². The van der Waals surface area contributed by atoms with Gasteiger partial charge in [-0.2, -0.15) is 0 Å². The van der Waals surface area contributed by atoms with Crippen molar-refractivity contribution in [2.24, 2.45) is 0 Å². The van der Waals surface area contributed by atoms with Crippen LogP contribution < -0.4 is 0 Å². The molecule has 0 aromatic carbocycles. The van der Waals surface area contributed by atoms with Crippen molar-refractivity contribution in [2.75, 3.05) is 26.3 Å². The van der Waals surface area contributed by atoms with Crippen molar-refractivity contribution in [3.63, 3.8) is 0 Å². The van der Waals surface area contributed by atoms with Gasteiger partial charge < -0.3 is 4.74 Å². The first-order valence-electron chi connectivity index (χ1n) is 5.99. The highest BCUT2D eigenvalue weighted by atomic mass is 16.5. The number of hydrogen-bond acceptors (Lipinski definition) is 3. The lowest BCUT2D eigenvalue weighted by Crippen LogP contribution is -2.35. The Labute approximate surface area is 97.4 Å². The highest BCUT2D eigenvalue weighted by Gasteiger charge is 2.11. The molecule has 1 aliphatic heterocycles. The van der Waals surface area contributed by atoms with Gasteiger partial charge in [-0.15, -0.1) is 0 Å². The predicted octanol–water partition coefficient (Wildman–Crippen LogP) is 2.04. The summed E-state index contributed by atoms with van der Waals surface area (Å²) >= 11 is 0. The molecular formula is C13H20N2O. The Hall–Kier alpha value is -0.930. The SMILES string of the molecule is CC(C)c1cncc(CN2CCOCC2)c1. The van der Waals surface area contributed by atoms with Gasteiger partial charge in [-0.05, 0) is 17.0 Å². The molecule has 1 fully saturated rings. The van der Waals surface area contributed by atoms with E-state index in [0.29, 0.717) is 5.92 Å². The number of morpholine rings is 1. The first-order chi connectivity index (χ1) is 7.75. The van der Waals surface area contributed by atoms with Crippen LogP contribution >= 0.6 is 0 Å². The van der Waals surface area contributed by atoms with Crippen LogP contribution in [0.15, 0.2) is 18.5 Å². The van der Waals surface area contributed by atoms with E-state index in [-0.39, 0.29) is 0 Å². The van der Waals surface area contributed by atoms with Gasteiger partial charge in [-0.1, -0.05) is 19.9 Å². The zero-order valence-electron chi connectivity index (χ0n) is 10.1. The summed E-state index contributed by atoms with van der Waals surface area (Å²) in [6.07, 6.45) is 3.94. The average Bonchev–Trinajstić information content (AvgIpc) is 2.30. The molecule has 0 aliphatic carbocycles. The minimum atomic E-state index is 0.553. The molecular weight excluding hydrogens is 200 g/mol. The number of hydrogen-bond donors (Lipinski definition) is 0. The molecule has 3 nitrogen and oxygen atoms in total. The van der Waals surface area contributed by atoms with Crippen molar-refractivity contribution >= 4 is 0 Å². The van der Waals surface area contributed by atoms with Crippen LogP contribution in [0.5, 0.6) is 0 Å². The second-order valence-electron chi connectivity index (χ2n) is 4.67. The van der Waals surface area contributed by atoms with Crippen molar-refractivity contribution in [1.82, 2.24) is 9.88 Å². The van der Waals surface area contributed by atoms with Crippen LogP contribution in [-0.2, 0) is 11.3 Å². The molecule has 3 heteroatoms. The molecule has 0 amide bonds. The van der Waals surface area contributed by atoms with E-state index in [9.17, 15) is 0 Å². The van der Waals surface area contributed by atoms with Crippen molar-refractivity contribution in [1.29, 1.82) is 0 Å². The summed E-state index contributed by atoms with van der Waals surface area (Å²) in [7, 11) is 0. The molecule has 1 saturated heterocycles. The summed E-state index contributed by atoms with van der Waals surface area (Å²) in [5.74, 6) is 0.553. The second kappa shape index (κ2) is 5.41. The minimum Gasteiger partial charge on any atom is -0.379 e. The van der Waals surface area contributed by atoms with E-state index in [1.165, 1.54) is 11.1 Å². The molecule has 1 aliphatic rings. The van der Waals surface area contributed by atoms with Gasteiger partial charge >= 0.3 is 0 Å². The Morgan fingerprint density at radius 2 is 2.06 bits per heavy atom. The van der Waals surface area contributed by atoms with Gasteiger partial charge in [0.2, 0.25) is 0 Å². The Balaban J connectivity index is 2.00. The summed E-state index contributed by atoms with van der Waals surface area (Å²) < 4.78 is 5.34. The molecule has 2 heterocycles. The second-order valence-corrected chi connectivity index (χ2v) is 4.67. The van der Waals surface area contributed by atoms with E-state index in [1.807, 2.05) is 12.4 Å². The van der Waals surface area contributed by atoms with Crippen molar-refractivity contribution < 1.29 is 4.74 Å². The maximum atomic E-state index is 5.34. The summed E-state index contributed by atoms with van der Waals surface area (Å²) in [6, 6.07) is 2.27. The smallest absolute Gasteiger partial charge is 0.0594 e. The topological polar surface area (TPSA) is 25.4 Å². The third kappa shape index (κ3) is 3.03. The molecule has 0 spiro atoms. The summed E-state index contributed by atoms with van der Waals surface area (Å²) in [5, 5.41) is 0. The quantitative estimate of drug-likeness (QED) is 0.779. The number of nitrogens with zero attached hydrogens (tertiary/aromatic N) is 2. The van der Waals surface area contributed by atoms with Crippen LogP contribution in [0.2, 0.25) is 0 Å². The molecule has 1 aromatic rings. The van der Waals surface area contributed by atoms with Crippen LogP contribution in [0, 0.1) is 0 Å². The van der Waals surface area contributed by atoms with Gasteiger partial charge in [0, 0.05) is 32.0 Å². The van der Waals surface area contributed by atoms with Crippen molar-refractivity contribution in [3.8, 4) is 0 Å². The molecule has 1 aromatic heterocycles. The van der Waals surface area contributed by atoms with Gasteiger partial charge in [0.1, 0.15) is 0 Å². The van der Waals surface area contributed by atoms with Gasteiger partial charge in [0.05, 0.1) is 13.2 Å². The van der Waals surface area contributed by atoms with Crippen molar-refractivity contribution in [3.05, 3.63) is 29.6 Å². The van der Waals surface area contributed by atoms with Crippen LogP contribution in [0.3, 0.4) is 0 Å². The lowest BCUT2D eigenvalue weighted by molar-refractivity contribution is 0.0341. The lowest BCUT2D eigenvalue weighted by atomic mass is 10.0. The highest BCUT2D eigenvalue weighted by molar-refractivity contribution is 5.20. The van der Waals surface area contributed by atoms with Gasteiger partial charge in [0.15, 0.2) is 0 Å². The van der Waals surface area contributed by atoms with Gasteiger partial charge in [-0.25, -0.2) is 0 Å². The molecule has 0 atom stereocenters. The Bertz CT molecular complexity index is 332. The lowest BCUT2D eigenvalue weighted by Gasteiger charge is -2.26. The fraction of sp³-hybridized carbons (Fsp3) is 0.615. The normalized spacial score (nSPS) is 17.9. The van der Waals surface area contributed by atoms with Gasteiger partial charge in [-0.3, -0.25) is 9.88 Å². The summed E-state index contributed by atoms with van der Waals surface area (Å²) in [5.41, 5.74) is 2.64. The first-order valence-corrected chi connectivity index (χ1v) is 5.99. The van der Waals surface area contributed by atoms with E-state index in [1.54, 1.807) is 0 Å². The standard InChI is InChI=1S/C13H20N2O/c1-11(2)13-7-12(8-14-9-13)10-15-3-5-16-6-4-15/h7-9,11H,3-6,10H2,1-2H3.